The molecule has 116 valence electrons. The molecule has 0 aliphatic heterocycles. The molecule has 23 heavy (non-hydrogen) atoms. The molecule has 0 unspecified atom stereocenters. The van der Waals surface area contributed by atoms with Crippen LogP contribution in [-0.2, 0) is 17.8 Å². The highest BCUT2D eigenvalue weighted by Crippen LogP contribution is 2.19. The maximum absolute atomic E-state index is 12.7. The predicted molar refractivity (Wildman–Crippen MR) is 94.1 cm³/mol. The van der Waals surface area contributed by atoms with Crippen LogP contribution in [0.25, 0.3) is 10.9 Å². The van der Waals surface area contributed by atoms with Crippen LogP contribution in [0.5, 0.6) is 0 Å². The molecule has 1 N–H and O–H groups in total. The van der Waals surface area contributed by atoms with E-state index < -0.39 is 0 Å². The van der Waals surface area contributed by atoms with Gasteiger partial charge in [0.25, 0.3) is 0 Å². The first-order chi connectivity index (χ1) is 11.3. The van der Waals surface area contributed by atoms with E-state index in [2.05, 4.69) is 11.6 Å². The van der Waals surface area contributed by atoms with Crippen molar-refractivity contribution in [3.63, 3.8) is 0 Å². The molecule has 0 bridgehead atoms. The monoisotopic (exact) mass is 304 g/mol. The smallest absolute Gasteiger partial charge is 0.227 e. The molecule has 2 aromatic carbocycles. The molecule has 3 heteroatoms. The molecule has 3 aromatic rings. The molecular weight excluding hydrogens is 284 g/mol. The fourth-order valence-electron chi connectivity index (χ4n) is 2.77. The van der Waals surface area contributed by atoms with Crippen molar-refractivity contribution in [2.45, 2.75) is 13.0 Å². The van der Waals surface area contributed by atoms with Crippen molar-refractivity contribution >= 4 is 16.8 Å². The van der Waals surface area contributed by atoms with Crippen LogP contribution in [0.1, 0.15) is 11.1 Å². The van der Waals surface area contributed by atoms with Crippen molar-refractivity contribution in [3.8, 4) is 0 Å². The zero-order valence-corrected chi connectivity index (χ0v) is 13.0. The van der Waals surface area contributed by atoms with Gasteiger partial charge in [-0.25, -0.2) is 0 Å². The third-order valence-corrected chi connectivity index (χ3v) is 3.94. The number of hydrogen-bond acceptors (Lipinski definition) is 1. The molecule has 0 spiro atoms. The van der Waals surface area contributed by atoms with E-state index in [-0.39, 0.29) is 5.91 Å². The number of aromatic amines is 1. The molecule has 0 fully saturated rings. The zero-order valence-electron chi connectivity index (χ0n) is 13.0. The van der Waals surface area contributed by atoms with E-state index in [4.69, 9.17) is 0 Å². The summed E-state index contributed by atoms with van der Waals surface area (Å²) in [5.74, 6) is 0.110. The van der Waals surface area contributed by atoms with E-state index in [0.717, 1.165) is 22.0 Å². The Kier molecular flexibility index (Phi) is 4.57. The summed E-state index contributed by atoms with van der Waals surface area (Å²) in [6.07, 6.45) is 4.10. The first-order valence-electron chi connectivity index (χ1n) is 7.75. The van der Waals surface area contributed by atoms with Crippen LogP contribution in [0.15, 0.2) is 73.4 Å². The van der Waals surface area contributed by atoms with Crippen LogP contribution < -0.4 is 0 Å². The molecule has 0 saturated carbocycles. The van der Waals surface area contributed by atoms with Gasteiger partial charge in [0.1, 0.15) is 0 Å². The Bertz CT molecular complexity index is 805. The largest absolute Gasteiger partial charge is 0.361 e. The van der Waals surface area contributed by atoms with Crippen molar-refractivity contribution in [1.29, 1.82) is 0 Å². The van der Waals surface area contributed by atoms with Crippen molar-refractivity contribution in [1.82, 2.24) is 9.88 Å². The van der Waals surface area contributed by atoms with Gasteiger partial charge < -0.3 is 9.88 Å². The number of carbonyl (C=O) groups excluding carboxylic acids is 1. The molecule has 3 nitrogen and oxygen atoms in total. The van der Waals surface area contributed by atoms with Gasteiger partial charge in [-0.1, -0.05) is 54.6 Å². The maximum Gasteiger partial charge on any atom is 0.227 e. The fraction of sp³-hybridized carbons (Fsp3) is 0.150. The fourth-order valence-corrected chi connectivity index (χ4v) is 2.77. The topological polar surface area (TPSA) is 36.1 Å². The van der Waals surface area contributed by atoms with Gasteiger partial charge in [-0.3, -0.25) is 4.79 Å². The number of benzene rings is 2. The Balaban J connectivity index is 1.77. The van der Waals surface area contributed by atoms with Gasteiger partial charge in [-0.15, -0.1) is 6.58 Å². The lowest BCUT2D eigenvalue weighted by Gasteiger charge is -2.21. The maximum atomic E-state index is 12.7. The summed E-state index contributed by atoms with van der Waals surface area (Å²) in [5.41, 5.74) is 3.22. The molecule has 1 aromatic heterocycles. The third-order valence-electron chi connectivity index (χ3n) is 3.94. The van der Waals surface area contributed by atoms with Crippen molar-refractivity contribution < 1.29 is 4.79 Å². The second-order valence-electron chi connectivity index (χ2n) is 5.58. The highest BCUT2D eigenvalue weighted by atomic mass is 16.2. The predicted octanol–water partition coefficient (Wildman–Crippen LogP) is 3.93. The van der Waals surface area contributed by atoms with E-state index in [1.807, 2.05) is 65.7 Å². The average molecular weight is 304 g/mol. The van der Waals surface area contributed by atoms with Gasteiger partial charge in [0.2, 0.25) is 5.91 Å². The Morgan fingerprint density at radius 2 is 1.83 bits per heavy atom. The second kappa shape index (κ2) is 6.97. The van der Waals surface area contributed by atoms with Crippen LogP contribution in [0.2, 0.25) is 0 Å². The molecule has 0 saturated heterocycles. The molecule has 1 amide bonds. The molecule has 1 heterocycles. The highest BCUT2D eigenvalue weighted by molar-refractivity contribution is 5.88. The van der Waals surface area contributed by atoms with E-state index in [9.17, 15) is 4.79 Å². The number of hydrogen-bond donors (Lipinski definition) is 1. The summed E-state index contributed by atoms with van der Waals surface area (Å²) in [4.78, 5) is 17.8. The number of amides is 1. The number of para-hydroxylation sites is 1. The number of rotatable bonds is 6. The second-order valence-corrected chi connectivity index (χ2v) is 5.58. The lowest BCUT2D eigenvalue weighted by Crippen LogP contribution is -2.31. The van der Waals surface area contributed by atoms with Crippen LogP contribution >= 0.6 is 0 Å². The highest BCUT2D eigenvalue weighted by Gasteiger charge is 2.15. The Morgan fingerprint density at radius 1 is 1.09 bits per heavy atom. The van der Waals surface area contributed by atoms with Gasteiger partial charge in [-0.2, -0.15) is 0 Å². The summed E-state index contributed by atoms with van der Waals surface area (Å²) < 4.78 is 0. The molecular formula is C20H20N2O. The van der Waals surface area contributed by atoms with Crippen molar-refractivity contribution in [2.75, 3.05) is 6.54 Å². The number of aromatic nitrogens is 1. The summed E-state index contributed by atoms with van der Waals surface area (Å²) in [7, 11) is 0. The van der Waals surface area contributed by atoms with Gasteiger partial charge in [0.15, 0.2) is 0 Å². The minimum absolute atomic E-state index is 0.110. The van der Waals surface area contributed by atoms with Crippen molar-refractivity contribution in [2.24, 2.45) is 0 Å². The third kappa shape index (κ3) is 3.51. The first-order valence-corrected chi connectivity index (χ1v) is 7.75. The number of H-pyrrole nitrogens is 1. The number of nitrogens with one attached hydrogen (secondary N) is 1. The average Bonchev–Trinajstić information content (AvgIpc) is 2.99. The van der Waals surface area contributed by atoms with E-state index >= 15 is 0 Å². The van der Waals surface area contributed by atoms with Gasteiger partial charge in [0.05, 0.1) is 6.42 Å². The minimum Gasteiger partial charge on any atom is -0.361 e. The van der Waals surface area contributed by atoms with Crippen LogP contribution in [-0.4, -0.2) is 22.3 Å². The summed E-state index contributed by atoms with van der Waals surface area (Å²) >= 11 is 0. The molecule has 0 radical (unpaired) electrons. The molecule has 0 aliphatic rings. The van der Waals surface area contributed by atoms with E-state index in [1.165, 1.54) is 0 Å². The standard InChI is InChI=1S/C20H20N2O/c1-2-12-22(15-16-8-4-3-5-9-16)20(23)13-17-14-21-19-11-7-6-10-18(17)19/h2-11,14,21H,1,12-13,15H2. The van der Waals surface area contributed by atoms with Gasteiger partial charge in [-0.05, 0) is 17.2 Å². The SMILES string of the molecule is C=CCN(Cc1ccccc1)C(=O)Cc1c[nH]c2ccccc12. The van der Waals surface area contributed by atoms with Crippen LogP contribution in [0, 0.1) is 0 Å². The normalized spacial score (nSPS) is 10.6. The number of carbonyl (C=O) groups is 1. The Labute approximate surface area is 136 Å². The minimum atomic E-state index is 0.110. The summed E-state index contributed by atoms with van der Waals surface area (Å²) in [6, 6.07) is 18.1. The first kappa shape index (κ1) is 15.1. The zero-order chi connectivity index (χ0) is 16.1. The lowest BCUT2D eigenvalue weighted by atomic mass is 10.1. The Morgan fingerprint density at radius 3 is 2.61 bits per heavy atom. The van der Waals surface area contributed by atoms with Crippen LogP contribution in [0.4, 0.5) is 0 Å². The van der Waals surface area contributed by atoms with E-state index in [0.29, 0.717) is 19.5 Å². The Hall–Kier alpha value is -2.81. The van der Waals surface area contributed by atoms with Crippen LogP contribution in [0.3, 0.4) is 0 Å². The lowest BCUT2D eigenvalue weighted by molar-refractivity contribution is -0.130. The number of nitrogens with zero attached hydrogens (tertiary/aromatic N) is 1. The van der Waals surface area contributed by atoms with Gasteiger partial charge in [0, 0.05) is 30.2 Å². The molecule has 0 aliphatic carbocycles. The molecule has 0 atom stereocenters. The molecule has 3 rings (SSSR count). The quantitative estimate of drug-likeness (QED) is 0.688. The van der Waals surface area contributed by atoms with Crippen molar-refractivity contribution in [3.05, 3.63) is 84.6 Å². The van der Waals surface area contributed by atoms with E-state index in [1.54, 1.807) is 6.08 Å². The number of fused-ring (bicyclic) bond motifs is 1. The van der Waals surface area contributed by atoms with Gasteiger partial charge >= 0.3 is 0 Å². The summed E-state index contributed by atoms with van der Waals surface area (Å²) in [5, 5.41) is 1.11. The summed E-state index contributed by atoms with van der Waals surface area (Å²) in [6.45, 7) is 4.93.